The number of hydrogen-bond donors (Lipinski definition) is 0. The topological polar surface area (TPSA) is 58.9 Å². The van der Waals surface area contributed by atoms with Crippen LogP contribution in [0.4, 0.5) is 11.4 Å². The fourth-order valence-electron chi connectivity index (χ4n) is 3.86. The van der Waals surface area contributed by atoms with Gasteiger partial charge in [-0.05, 0) is 26.7 Å². The first-order chi connectivity index (χ1) is 13.7. The Bertz CT molecular complexity index is 641. The molecule has 2 aliphatic rings. The first-order valence-electron chi connectivity index (χ1n) is 10.6. The van der Waals surface area contributed by atoms with Gasteiger partial charge in [-0.3, -0.25) is 5.01 Å². The summed E-state index contributed by atoms with van der Waals surface area (Å²) in [5.41, 5.74) is 1.75. The zero-order chi connectivity index (χ0) is 19.8. The average molecular weight is 391 g/mol. The highest BCUT2D eigenvalue weighted by Gasteiger charge is 2.20. The molecule has 0 spiro atoms. The molecule has 1 saturated carbocycles. The first kappa shape index (κ1) is 20.7. The number of nitrogens with zero attached hydrogens (tertiary/aromatic N) is 4. The number of hydrogen-bond acceptors (Lipinski definition) is 6. The van der Waals surface area contributed by atoms with E-state index in [0.717, 1.165) is 43.5 Å². The summed E-state index contributed by atoms with van der Waals surface area (Å²) in [7, 11) is 2.02. The molecule has 2 fully saturated rings. The number of anilines is 1. The zero-order valence-corrected chi connectivity index (χ0v) is 17.5. The molecule has 0 aromatic heterocycles. The highest BCUT2D eigenvalue weighted by atomic mass is 16.5. The lowest BCUT2D eigenvalue weighted by molar-refractivity contribution is 0.122. The van der Waals surface area contributed by atoms with Crippen LogP contribution in [-0.2, 0) is 4.74 Å². The van der Waals surface area contributed by atoms with Gasteiger partial charge in [-0.2, -0.15) is 0 Å². The lowest BCUT2D eigenvalue weighted by Crippen LogP contribution is -2.36. The Balaban J connectivity index is 1.85. The zero-order valence-electron chi connectivity index (χ0n) is 17.5. The second kappa shape index (κ2) is 10.5. The van der Waals surface area contributed by atoms with E-state index in [1.807, 2.05) is 38.0 Å². The molecule has 7 heteroatoms. The predicted molar refractivity (Wildman–Crippen MR) is 111 cm³/mol. The minimum Gasteiger partial charge on any atom is -0.492 e. The van der Waals surface area contributed by atoms with E-state index < -0.39 is 0 Å². The van der Waals surface area contributed by atoms with Crippen molar-refractivity contribution >= 4 is 11.4 Å². The summed E-state index contributed by atoms with van der Waals surface area (Å²) < 4.78 is 17.3. The largest absolute Gasteiger partial charge is 0.492 e. The molecule has 156 valence electrons. The summed E-state index contributed by atoms with van der Waals surface area (Å²) >= 11 is 0. The van der Waals surface area contributed by atoms with E-state index >= 15 is 0 Å². The molecule has 1 aliphatic carbocycles. The molecule has 0 amide bonds. The Morgan fingerprint density at radius 3 is 2.39 bits per heavy atom. The number of benzene rings is 1. The van der Waals surface area contributed by atoms with E-state index in [2.05, 4.69) is 15.2 Å². The summed E-state index contributed by atoms with van der Waals surface area (Å²) in [5.74, 6) is 1.57. The maximum atomic E-state index is 5.93. The van der Waals surface area contributed by atoms with Gasteiger partial charge in [0.2, 0.25) is 0 Å². The summed E-state index contributed by atoms with van der Waals surface area (Å²) in [6, 6.07) is 4.47. The maximum absolute atomic E-state index is 5.93. The monoisotopic (exact) mass is 390 g/mol. The van der Waals surface area contributed by atoms with Gasteiger partial charge >= 0.3 is 0 Å². The van der Waals surface area contributed by atoms with Crippen LogP contribution in [0.25, 0.3) is 0 Å². The van der Waals surface area contributed by atoms with Crippen molar-refractivity contribution in [1.82, 2.24) is 5.01 Å². The van der Waals surface area contributed by atoms with Crippen LogP contribution >= 0.6 is 0 Å². The van der Waals surface area contributed by atoms with Crippen LogP contribution in [0.5, 0.6) is 11.5 Å². The molecule has 3 rings (SSSR count). The summed E-state index contributed by atoms with van der Waals surface area (Å²) in [5, 5.41) is 11.0. The fourth-order valence-corrected chi connectivity index (χ4v) is 3.86. The Hall–Kier alpha value is -2.02. The maximum Gasteiger partial charge on any atom is 0.149 e. The molecule has 0 N–H and O–H groups in total. The van der Waals surface area contributed by atoms with Crippen molar-refractivity contribution < 1.29 is 14.2 Å². The van der Waals surface area contributed by atoms with Crippen LogP contribution in [0.2, 0.25) is 0 Å². The van der Waals surface area contributed by atoms with E-state index in [1.54, 1.807) is 0 Å². The molecule has 0 bridgehead atoms. The van der Waals surface area contributed by atoms with Crippen LogP contribution in [0.1, 0.15) is 46.0 Å². The van der Waals surface area contributed by atoms with E-state index in [0.29, 0.717) is 24.9 Å². The first-order valence-corrected chi connectivity index (χ1v) is 10.6. The second-order valence-corrected chi connectivity index (χ2v) is 7.31. The van der Waals surface area contributed by atoms with Gasteiger partial charge in [0.1, 0.15) is 17.2 Å². The van der Waals surface area contributed by atoms with Gasteiger partial charge in [-0.1, -0.05) is 24.5 Å². The number of rotatable bonds is 8. The Morgan fingerprint density at radius 1 is 1.04 bits per heavy atom. The lowest BCUT2D eigenvalue weighted by atomic mass is 9.95. The van der Waals surface area contributed by atoms with Crippen molar-refractivity contribution in [1.29, 1.82) is 0 Å². The smallest absolute Gasteiger partial charge is 0.149 e. The normalized spacial score (nSPS) is 18.5. The van der Waals surface area contributed by atoms with Crippen molar-refractivity contribution in [3.8, 4) is 11.5 Å². The van der Waals surface area contributed by atoms with Crippen molar-refractivity contribution in [2.24, 2.45) is 10.3 Å². The Labute approximate surface area is 168 Å². The molecule has 0 unspecified atom stereocenters. The quantitative estimate of drug-likeness (QED) is 0.480. The van der Waals surface area contributed by atoms with Gasteiger partial charge < -0.3 is 19.1 Å². The average Bonchev–Trinajstić information content (AvgIpc) is 2.75. The van der Waals surface area contributed by atoms with E-state index in [1.165, 1.54) is 32.1 Å². The SMILES string of the molecule is CCOc1cc(N2CCOCC2)c(OCC)cc1N=NN(C)C1CCCCC1. The van der Waals surface area contributed by atoms with Crippen LogP contribution in [0, 0.1) is 0 Å². The molecule has 28 heavy (non-hydrogen) atoms. The van der Waals surface area contributed by atoms with Gasteiger partial charge in [-0.25, -0.2) is 0 Å². The Kier molecular flexibility index (Phi) is 7.77. The molecule has 1 aromatic carbocycles. The summed E-state index contributed by atoms with van der Waals surface area (Å²) in [6.45, 7) is 8.30. The van der Waals surface area contributed by atoms with E-state index in [9.17, 15) is 0 Å². The Morgan fingerprint density at radius 2 is 1.71 bits per heavy atom. The van der Waals surface area contributed by atoms with Gasteiger partial charge in [-0.15, -0.1) is 5.11 Å². The number of ether oxygens (including phenoxy) is 3. The fraction of sp³-hybridized carbons (Fsp3) is 0.714. The summed E-state index contributed by atoms with van der Waals surface area (Å²) in [4.78, 5) is 2.28. The van der Waals surface area contributed by atoms with Crippen LogP contribution in [-0.4, -0.2) is 57.6 Å². The third kappa shape index (κ3) is 5.28. The van der Waals surface area contributed by atoms with Gasteiger partial charge in [0.25, 0.3) is 0 Å². The van der Waals surface area contributed by atoms with Crippen molar-refractivity contribution in [2.75, 3.05) is 51.5 Å². The molecule has 1 aromatic rings. The molecule has 1 saturated heterocycles. The van der Waals surface area contributed by atoms with Gasteiger partial charge in [0.05, 0.1) is 32.1 Å². The molecule has 0 radical (unpaired) electrons. The van der Waals surface area contributed by atoms with E-state index in [4.69, 9.17) is 14.2 Å². The van der Waals surface area contributed by atoms with Gasteiger partial charge in [0.15, 0.2) is 0 Å². The third-order valence-electron chi connectivity index (χ3n) is 5.39. The molecular weight excluding hydrogens is 356 g/mol. The number of morpholine rings is 1. The van der Waals surface area contributed by atoms with Gasteiger partial charge in [0, 0.05) is 38.3 Å². The third-order valence-corrected chi connectivity index (χ3v) is 5.39. The highest BCUT2D eigenvalue weighted by Crippen LogP contribution is 2.41. The predicted octanol–water partition coefficient (Wildman–Crippen LogP) is 4.58. The summed E-state index contributed by atoms with van der Waals surface area (Å²) in [6.07, 6.45) is 6.26. The van der Waals surface area contributed by atoms with Crippen molar-refractivity contribution in [3.05, 3.63) is 12.1 Å². The van der Waals surface area contributed by atoms with Crippen LogP contribution in [0.3, 0.4) is 0 Å². The van der Waals surface area contributed by atoms with Crippen LogP contribution in [0.15, 0.2) is 22.5 Å². The van der Waals surface area contributed by atoms with E-state index in [-0.39, 0.29) is 0 Å². The molecule has 7 nitrogen and oxygen atoms in total. The molecule has 1 aliphatic heterocycles. The van der Waals surface area contributed by atoms with Crippen LogP contribution < -0.4 is 14.4 Å². The highest BCUT2D eigenvalue weighted by molar-refractivity contribution is 5.70. The van der Waals surface area contributed by atoms with Crippen molar-refractivity contribution in [2.45, 2.75) is 52.0 Å². The second-order valence-electron chi connectivity index (χ2n) is 7.31. The van der Waals surface area contributed by atoms with Crippen molar-refractivity contribution in [3.63, 3.8) is 0 Å². The standard InChI is InChI=1S/C21H34N4O3/c1-4-27-20-16-19(25-11-13-26-14-12-25)21(28-5-2)15-18(20)22-23-24(3)17-9-7-6-8-10-17/h15-17H,4-14H2,1-3H3. The lowest BCUT2D eigenvalue weighted by Gasteiger charge is -2.31. The minimum atomic E-state index is 0.479. The molecule has 1 heterocycles. The molecule has 0 atom stereocenters. The minimum absolute atomic E-state index is 0.479. The molecular formula is C21H34N4O3.